The molecule has 0 bridgehead atoms. The summed E-state index contributed by atoms with van der Waals surface area (Å²) < 4.78 is 32.3. The van der Waals surface area contributed by atoms with Gasteiger partial charge in [-0.15, -0.1) is 10.2 Å². The number of piperidine rings is 1. The number of nitrogens with zero attached hydrogens (tertiary/aromatic N) is 3. The van der Waals surface area contributed by atoms with Crippen LogP contribution in [0.2, 0.25) is 5.02 Å². The molecule has 2 heterocycles. The molecule has 0 aliphatic carbocycles. The monoisotopic (exact) mass is 492 g/mol. The Hall–Kier alpha value is -2.53. The predicted molar refractivity (Wildman–Crippen MR) is 123 cm³/mol. The van der Waals surface area contributed by atoms with Crippen LogP contribution in [-0.4, -0.2) is 49.0 Å². The van der Waals surface area contributed by atoms with E-state index < -0.39 is 10.0 Å². The van der Waals surface area contributed by atoms with Crippen molar-refractivity contribution >= 4 is 44.6 Å². The Morgan fingerprint density at radius 2 is 1.75 bits per heavy atom. The number of hydrogen-bond donors (Lipinski definition) is 1. The summed E-state index contributed by atoms with van der Waals surface area (Å²) in [6, 6.07) is 13.2. The first kappa shape index (κ1) is 22.7. The van der Waals surface area contributed by atoms with Crippen molar-refractivity contribution in [3.8, 4) is 5.75 Å². The Labute approximate surface area is 195 Å². The molecule has 168 valence electrons. The minimum absolute atomic E-state index is 0.0618. The maximum absolute atomic E-state index is 12.8. The Kier molecular flexibility index (Phi) is 6.75. The fraction of sp³-hybridized carbons (Fsp3) is 0.286. The highest BCUT2D eigenvalue weighted by Gasteiger charge is 2.31. The lowest BCUT2D eigenvalue weighted by Crippen LogP contribution is -2.37. The molecule has 1 N–H and O–H groups in total. The van der Waals surface area contributed by atoms with Gasteiger partial charge in [0, 0.05) is 29.7 Å². The van der Waals surface area contributed by atoms with Crippen LogP contribution in [0.25, 0.3) is 0 Å². The molecule has 1 aliphatic heterocycles. The van der Waals surface area contributed by atoms with E-state index in [2.05, 4.69) is 15.5 Å². The van der Waals surface area contributed by atoms with Gasteiger partial charge in [-0.1, -0.05) is 22.9 Å². The highest BCUT2D eigenvalue weighted by Crippen LogP contribution is 2.32. The molecule has 1 fully saturated rings. The van der Waals surface area contributed by atoms with Crippen molar-refractivity contribution in [2.45, 2.75) is 23.7 Å². The molecule has 1 aliphatic rings. The second kappa shape index (κ2) is 9.53. The lowest BCUT2D eigenvalue weighted by Gasteiger charge is -2.30. The van der Waals surface area contributed by atoms with Crippen LogP contribution in [0.1, 0.15) is 33.6 Å². The number of carbonyl (C=O) groups is 1. The third kappa shape index (κ3) is 4.93. The van der Waals surface area contributed by atoms with E-state index in [9.17, 15) is 13.2 Å². The van der Waals surface area contributed by atoms with Crippen LogP contribution >= 0.6 is 22.9 Å². The molecule has 0 radical (unpaired) electrons. The van der Waals surface area contributed by atoms with E-state index in [4.69, 9.17) is 16.3 Å². The van der Waals surface area contributed by atoms with Crippen molar-refractivity contribution in [2.75, 3.05) is 25.5 Å². The van der Waals surface area contributed by atoms with E-state index in [-0.39, 0.29) is 21.7 Å². The van der Waals surface area contributed by atoms with Gasteiger partial charge >= 0.3 is 0 Å². The summed E-state index contributed by atoms with van der Waals surface area (Å²) in [4.78, 5) is 12.7. The quantitative estimate of drug-likeness (QED) is 0.557. The smallest absolute Gasteiger partial charge is 0.286 e. The van der Waals surface area contributed by atoms with Crippen molar-refractivity contribution in [3.63, 3.8) is 0 Å². The van der Waals surface area contributed by atoms with Crippen LogP contribution in [0.3, 0.4) is 0 Å². The molecular weight excluding hydrogens is 472 g/mol. The van der Waals surface area contributed by atoms with Gasteiger partial charge in [0.05, 0.1) is 12.0 Å². The maximum atomic E-state index is 12.8. The van der Waals surface area contributed by atoms with Gasteiger partial charge in [-0.25, -0.2) is 8.42 Å². The zero-order chi connectivity index (χ0) is 22.7. The Balaban J connectivity index is 1.37. The van der Waals surface area contributed by atoms with Gasteiger partial charge in [0.1, 0.15) is 10.8 Å². The standard InChI is InChI=1S/C21H21ClN4O4S2/c1-30-17-6-4-16(5-7-17)23-19(27)21-25-24-20(31-21)14-10-12-26(13-11-14)32(28,29)18-8-2-15(22)3-9-18/h2-9,14H,10-13H2,1H3,(H,23,27). The normalized spacial score (nSPS) is 15.4. The second-order valence-corrected chi connectivity index (χ2v) is 10.6. The van der Waals surface area contributed by atoms with Gasteiger partial charge in [-0.2, -0.15) is 4.31 Å². The number of anilines is 1. The first-order valence-electron chi connectivity index (χ1n) is 9.91. The number of hydrogen-bond acceptors (Lipinski definition) is 7. The molecule has 1 saturated heterocycles. The summed E-state index contributed by atoms with van der Waals surface area (Å²) in [6.45, 7) is 0.755. The van der Waals surface area contributed by atoms with Crippen LogP contribution in [0, 0.1) is 0 Å². The number of amides is 1. The number of sulfonamides is 1. The van der Waals surface area contributed by atoms with Gasteiger partial charge in [0.25, 0.3) is 5.91 Å². The molecule has 0 atom stereocenters. The summed E-state index contributed by atoms with van der Waals surface area (Å²) >= 11 is 7.10. The molecule has 4 rings (SSSR count). The molecule has 11 heteroatoms. The van der Waals surface area contributed by atoms with E-state index in [0.29, 0.717) is 42.4 Å². The van der Waals surface area contributed by atoms with Gasteiger partial charge in [-0.05, 0) is 61.4 Å². The van der Waals surface area contributed by atoms with Crippen molar-refractivity contribution in [1.29, 1.82) is 0 Å². The zero-order valence-corrected chi connectivity index (χ0v) is 19.6. The summed E-state index contributed by atoms with van der Waals surface area (Å²) in [5, 5.41) is 12.5. The molecule has 32 heavy (non-hydrogen) atoms. The zero-order valence-electron chi connectivity index (χ0n) is 17.2. The Bertz CT molecular complexity index is 1190. The first-order chi connectivity index (χ1) is 15.4. The first-order valence-corrected chi connectivity index (χ1v) is 12.5. The third-order valence-corrected chi connectivity index (χ3v) is 8.49. The van der Waals surface area contributed by atoms with E-state index >= 15 is 0 Å². The van der Waals surface area contributed by atoms with Crippen LogP contribution < -0.4 is 10.1 Å². The minimum atomic E-state index is -3.56. The molecule has 8 nitrogen and oxygen atoms in total. The van der Waals surface area contributed by atoms with E-state index in [1.807, 2.05) is 0 Å². The Morgan fingerprint density at radius 3 is 2.38 bits per heavy atom. The number of nitrogens with one attached hydrogen (secondary N) is 1. The van der Waals surface area contributed by atoms with Crippen LogP contribution in [0.15, 0.2) is 53.4 Å². The predicted octanol–water partition coefficient (Wildman–Crippen LogP) is 4.02. The number of ether oxygens (including phenoxy) is 1. The SMILES string of the molecule is COc1ccc(NC(=O)c2nnc(C3CCN(S(=O)(=O)c4ccc(Cl)cc4)CC3)s2)cc1. The van der Waals surface area contributed by atoms with Gasteiger partial charge < -0.3 is 10.1 Å². The van der Waals surface area contributed by atoms with E-state index in [1.54, 1.807) is 43.5 Å². The lowest BCUT2D eigenvalue weighted by molar-refractivity contribution is 0.102. The second-order valence-electron chi connectivity index (χ2n) is 7.26. The van der Waals surface area contributed by atoms with Crippen molar-refractivity contribution in [3.05, 3.63) is 63.6 Å². The Morgan fingerprint density at radius 1 is 1.09 bits per heavy atom. The van der Waals surface area contributed by atoms with Crippen molar-refractivity contribution in [2.24, 2.45) is 0 Å². The summed E-state index contributed by atoms with van der Waals surface area (Å²) in [6.07, 6.45) is 1.23. The van der Waals surface area contributed by atoms with Crippen LogP contribution in [0.4, 0.5) is 5.69 Å². The minimum Gasteiger partial charge on any atom is -0.497 e. The fourth-order valence-electron chi connectivity index (χ4n) is 3.45. The summed E-state index contributed by atoms with van der Waals surface area (Å²) in [5.41, 5.74) is 0.633. The lowest BCUT2D eigenvalue weighted by atomic mass is 9.99. The highest BCUT2D eigenvalue weighted by atomic mass is 35.5. The molecule has 1 aromatic heterocycles. The van der Waals surface area contributed by atoms with Gasteiger partial charge in [0.2, 0.25) is 15.0 Å². The van der Waals surface area contributed by atoms with E-state index in [0.717, 1.165) is 5.01 Å². The van der Waals surface area contributed by atoms with Crippen molar-refractivity contribution in [1.82, 2.24) is 14.5 Å². The number of benzene rings is 2. The van der Waals surface area contributed by atoms with Gasteiger partial charge in [0.15, 0.2) is 0 Å². The third-order valence-electron chi connectivity index (χ3n) is 5.24. The van der Waals surface area contributed by atoms with E-state index in [1.165, 1.54) is 27.8 Å². The highest BCUT2D eigenvalue weighted by molar-refractivity contribution is 7.89. The molecule has 3 aromatic rings. The largest absolute Gasteiger partial charge is 0.497 e. The number of carbonyl (C=O) groups excluding carboxylic acids is 1. The number of halogens is 1. The van der Waals surface area contributed by atoms with Crippen LogP contribution in [0.5, 0.6) is 5.75 Å². The molecule has 2 aromatic carbocycles. The molecule has 0 spiro atoms. The number of methoxy groups -OCH3 is 1. The fourth-order valence-corrected chi connectivity index (χ4v) is 5.95. The number of aromatic nitrogens is 2. The molecular formula is C21H21ClN4O4S2. The van der Waals surface area contributed by atoms with Crippen LogP contribution in [-0.2, 0) is 10.0 Å². The van der Waals surface area contributed by atoms with Gasteiger partial charge in [-0.3, -0.25) is 4.79 Å². The summed E-state index contributed by atoms with van der Waals surface area (Å²) in [7, 11) is -1.99. The summed E-state index contributed by atoms with van der Waals surface area (Å²) in [5.74, 6) is 0.430. The average molecular weight is 493 g/mol. The molecule has 1 amide bonds. The average Bonchev–Trinajstić information content (AvgIpc) is 3.30. The molecule has 0 unspecified atom stereocenters. The number of rotatable bonds is 6. The van der Waals surface area contributed by atoms with Crippen molar-refractivity contribution < 1.29 is 17.9 Å². The maximum Gasteiger partial charge on any atom is 0.286 e. The molecule has 0 saturated carbocycles. The topological polar surface area (TPSA) is 101 Å².